The number of primary amides is 1. The minimum atomic E-state index is -4.29. The summed E-state index contributed by atoms with van der Waals surface area (Å²) in [5, 5.41) is 0. The van der Waals surface area contributed by atoms with Crippen LogP contribution in [0.15, 0.2) is 23.1 Å². The first-order valence-electron chi connectivity index (χ1n) is 10.3. The molecular weight excluding hydrogens is 424 g/mol. The van der Waals surface area contributed by atoms with Crippen LogP contribution in [0.25, 0.3) is 0 Å². The third kappa shape index (κ3) is 4.73. The Bertz CT molecular complexity index is 980. The van der Waals surface area contributed by atoms with Crippen LogP contribution < -0.4 is 15.4 Å². The first-order chi connectivity index (χ1) is 14.7. The highest BCUT2D eigenvalue weighted by atomic mass is 32.2. The van der Waals surface area contributed by atoms with Gasteiger partial charge in [-0.05, 0) is 37.5 Å². The predicted octanol–water partition coefficient (Wildman–Crippen LogP) is -0.245. The van der Waals surface area contributed by atoms with Crippen LogP contribution in [0.4, 0.5) is 5.69 Å². The van der Waals surface area contributed by atoms with Crippen LogP contribution in [0.1, 0.15) is 32.3 Å². The molecule has 0 spiro atoms. The van der Waals surface area contributed by atoms with Crippen LogP contribution in [0, 0.1) is 0 Å². The third-order valence-electron chi connectivity index (χ3n) is 5.57. The fourth-order valence-corrected chi connectivity index (χ4v) is 5.47. The summed E-state index contributed by atoms with van der Waals surface area (Å²) in [5.74, 6) is -1.87. The summed E-state index contributed by atoms with van der Waals surface area (Å²) >= 11 is 0. The Morgan fingerprint density at radius 2 is 2.06 bits per heavy atom. The van der Waals surface area contributed by atoms with Crippen molar-refractivity contribution in [2.75, 3.05) is 31.2 Å². The van der Waals surface area contributed by atoms with Crippen molar-refractivity contribution in [1.82, 2.24) is 9.62 Å². The lowest BCUT2D eigenvalue weighted by Gasteiger charge is -2.35. The molecule has 1 aromatic rings. The van der Waals surface area contributed by atoms with Gasteiger partial charge < -0.3 is 20.3 Å². The van der Waals surface area contributed by atoms with Crippen molar-refractivity contribution in [2.24, 2.45) is 5.73 Å². The Morgan fingerprint density at radius 3 is 2.65 bits per heavy atom. The monoisotopic (exact) mass is 452 g/mol. The van der Waals surface area contributed by atoms with Crippen LogP contribution in [-0.4, -0.2) is 69.4 Å². The second kappa shape index (κ2) is 9.33. The zero-order valence-electron chi connectivity index (χ0n) is 17.7. The van der Waals surface area contributed by atoms with Crippen LogP contribution in [0.3, 0.4) is 0 Å². The molecule has 2 aliphatic rings. The average molecular weight is 453 g/mol. The smallest absolute Gasteiger partial charge is 0.250 e. The van der Waals surface area contributed by atoms with Crippen LogP contribution >= 0.6 is 0 Å². The number of anilines is 1. The number of nitrogens with two attached hydrogens (primary N) is 1. The number of nitrogens with zero attached hydrogens (tertiary/aromatic N) is 2. The maximum Gasteiger partial charge on any atom is 0.250 e. The number of rotatable bonds is 7. The zero-order chi connectivity index (χ0) is 22.8. The molecule has 31 heavy (non-hydrogen) atoms. The maximum atomic E-state index is 13.2. The van der Waals surface area contributed by atoms with Crippen molar-refractivity contribution in [2.45, 2.75) is 50.1 Å². The van der Waals surface area contributed by atoms with Gasteiger partial charge in [0.15, 0.2) is 6.04 Å². The molecule has 0 saturated carbocycles. The van der Waals surface area contributed by atoms with E-state index in [1.165, 1.54) is 11.0 Å². The van der Waals surface area contributed by atoms with Gasteiger partial charge in [-0.2, -0.15) is 4.72 Å². The lowest BCUT2D eigenvalue weighted by molar-refractivity contribution is -0.144. The molecule has 11 heteroatoms. The quantitative estimate of drug-likeness (QED) is 0.547. The molecular formula is C20H28N4O6S. The predicted molar refractivity (Wildman–Crippen MR) is 113 cm³/mol. The van der Waals surface area contributed by atoms with E-state index in [-0.39, 0.29) is 30.0 Å². The molecule has 3 rings (SSSR count). The number of hydrogen-bond donors (Lipinski definition) is 2. The molecule has 10 nitrogen and oxygen atoms in total. The van der Waals surface area contributed by atoms with E-state index in [1.54, 1.807) is 30.9 Å². The molecule has 3 N–H and O–H groups in total. The van der Waals surface area contributed by atoms with Crippen molar-refractivity contribution in [3.05, 3.63) is 23.8 Å². The standard InChI is InChI=1S/C20H28N4O6S/c1-3-14-15(24-9-5-8-17(24)25)6-4-7-16(14)31(28,29)22-18(19(21)26)20(27)23-10-11-30-12-13(23)2/h4,6-7,13,18,22H,3,5,8-12H2,1-2H3,(H2,21,26)/t13-,18-/m0/s1. The number of hydrogen-bond acceptors (Lipinski definition) is 6. The topological polar surface area (TPSA) is 139 Å². The summed E-state index contributed by atoms with van der Waals surface area (Å²) in [6, 6.07) is 2.58. The van der Waals surface area contributed by atoms with E-state index >= 15 is 0 Å². The number of benzene rings is 1. The van der Waals surface area contributed by atoms with E-state index < -0.39 is 27.9 Å². The summed E-state index contributed by atoms with van der Waals surface area (Å²) < 4.78 is 33.9. The molecule has 0 unspecified atom stereocenters. The Balaban J connectivity index is 1.93. The van der Waals surface area contributed by atoms with Gasteiger partial charge in [-0.1, -0.05) is 13.0 Å². The molecule has 2 aliphatic heterocycles. The van der Waals surface area contributed by atoms with E-state index in [2.05, 4.69) is 4.72 Å². The van der Waals surface area contributed by atoms with Crippen LogP contribution in [-0.2, 0) is 35.6 Å². The van der Waals surface area contributed by atoms with Crippen LogP contribution in [0.5, 0.6) is 0 Å². The summed E-state index contributed by atoms with van der Waals surface area (Å²) in [7, 11) is -4.29. The molecule has 0 aliphatic carbocycles. The minimum absolute atomic E-state index is 0.0660. The molecule has 1 aromatic carbocycles. The second-order valence-electron chi connectivity index (χ2n) is 7.67. The molecule has 2 atom stereocenters. The van der Waals surface area contributed by atoms with E-state index in [0.29, 0.717) is 43.7 Å². The van der Waals surface area contributed by atoms with Gasteiger partial charge in [-0.15, -0.1) is 0 Å². The number of carbonyl (C=O) groups is 3. The number of carbonyl (C=O) groups excluding carboxylic acids is 3. The first-order valence-corrected chi connectivity index (χ1v) is 11.8. The van der Waals surface area contributed by atoms with E-state index in [0.717, 1.165) is 0 Å². The fourth-order valence-electron chi connectivity index (χ4n) is 3.99. The van der Waals surface area contributed by atoms with Crippen molar-refractivity contribution < 1.29 is 27.5 Å². The summed E-state index contributed by atoms with van der Waals surface area (Å²) in [5.41, 5.74) is 6.37. The van der Waals surface area contributed by atoms with E-state index in [9.17, 15) is 22.8 Å². The number of ether oxygens (including phenoxy) is 1. The van der Waals surface area contributed by atoms with Crippen LogP contribution in [0.2, 0.25) is 0 Å². The highest BCUT2D eigenvalue weighted by Gasteiger charge is 2.37. The second-order valence-corrected chi connectivity index (χ2v) is 9.35. The Labute approximate surface area is 181 Å². The molecule has 2 heterocycles. The molecule has 0 aromatic heterocycles. The van der Waals surface area contributed by atoms with E-state index in [1.807, 2.05) is 0 Å². The number of morpholine rings is 1. The number of nitrogens with one attached hydrogen (secondary N) is 1. The molecule has 170 valence electrons. The van der Waals surface area contributed by atoms with Gasteiger partial charge in [-0.25, -0.2) is 8.42 Å². The fraction of sp³-hybridized carbons (Fsp3) is 0.550. The third-order valence-corrected chi connectivity index (χ3v) is 7.08. The first kappa shape index (κ1) is 23.2. The molecule has 0 bridgehead atoms. The minimum Gasteiger partial charge on any atom is -0.377 e. The largest absolute Gasteiger partial charge is 0.377 e. The van der Waals surface area contributed by atoms with Crippen molar-refractivity contribution in [1.29, 1.82) is 0 Å². The number of sulfonamides is 1. The van der Waals surface area contributed by atoms with Gasteiger partial charge in [0.25, 0.3) is 5.91 Å². The molecule has 2 saturated heterocycles. The average Bonchev–Trinajstić information content (AvgIpc) is 3.16. The van der Waals surface area contributed by atoms with Gasteiger partial charge in [-0.3, -0.25) is 14.4 Å². The maximum absolute atomic E-state index is 13.2. The van der Waals surface area contributed by atoms with Gasteiger partial charge >= 0.3 is 0 Å². The van der Waals surface area contributed by atoms with Gasteiger partial charge in [0, 0.05) is 25.2 Å². The van der Waals surface area contributed by atoms with Crippen molar-refractivity contribution >= 4 is 33.4 Å². The lowest BCUT2D eigenvalue weighted by Crippen LogP contribution is -2.59. The molecule has 3 amide bonds. The Hall–Kier alpha value is -2.50. The highest BCUT2D eigenvalue weighted by molar-refractivity contribution is 7.89. The Kier molecular flexibility index (Phi) is 6.97. The van der Waals surface area contributed by atoms with E-state index in [4.69, 9.17) is 10.5 Å². The summed E-state index contributed by atoms with van der Waals surface area (Å²) in [6.07, 6.45) is 1.45. The van der Waals surface area contributed by atoms with Crippen molar-refractivity contribution in [3.8, 4) is 0 Å². The van der Waals surface area contributed by atoms with Crippen molar-refractivity contribution in [3.63, 3.8) is 0 Å². The zero-order valence-corrected chi connectivity index (χ0v) is 18.5. The van der Waals surface area contributed by atoms with Gasteiger partial charge in [0.05, 0.1) is 24.2 Å². The lowest BCUT2D eigenvalue weighted by atomic mass is 10.1. The molecule has 2 fully saturated rings. The van der Waals surface area contributed by atoms with Gasteiger partial charge in [0.1, 0.15) is 0 Å². The summed E-state index contributed by atoms with van der Waals surface area (Å²) in [6.45, 7) is 4.86. The highest BCUT2D eigenvalue weighted by Crippen LogP contribution is 2.31. The summed E-state index contributed by atoms with van der Waals surface area (Å²) in [4.78, 5) is 40.0. The number of amides is 3. The normalized spacial score (nSPS) is 20.7. The SMILES string of the molecule is CCc1c(N2CCCC2=O)cccc1S(=O)(=O)N[C@@H](C(N)=O)C(=O)N1CCOC[C@@H]1C. The van der Waals surface area contributed by atoms with Gasteiger partial charge in [0.2, 0.25) is 21.8 Å². The Morgan fingerprint density at radius 1 is 1.32 bits per heavy atom. The molecule has 0 radical (unpaired) electrons.